The number of fused-ring (bicyclic) bond motifs is 1. The molecule has 0 fully saturated rings. The number of aromatic amines is 1. The molecule has 5 nitrogen and oxygen atoms in total. The minimum Gasteiger partial charge on any atom is -0.496 e. The third-order valence-electron chi connectivity index (χ3n) is 2.55. The number of benzene rings is 1. The summed E-state index contributed by atoms with van der Waals surface area (Å²) in [6, 6.07) is 5.26. The molecule has 0 amide bonds. The number of carbonyl (C=O) groups excluding carboxylic acids is 2. The van der Waals surface area contributed by atoms with E-state index in [0.29, 0.717) is 22.9 Å². The molecular formula is C12H11NO4. The minimum atomic E-state index is -0.578. The summed E-state index contributed by atoms with van der Waals surface area (Å²) in [5.41, 5.74) is 1.05. The number of methoxy groups -OCH3 is 2. The molecule has 1 N–H and O–H groups in total. The standard InChI is InChI=1S/C12H11NO4/c1-16-9-5-3-4-8-10(9)7(6-14)11(13-8)12(15)17-2/h3-6,13H,1-2H3. The predicted octanol–water partition coefficient (Wildman–Crippen LogP) is 1.78. The second kappa shape index (κ2) is 4.29. The number of H-pyrrole nitrogens is 1. The second-order valence-corrected chi connectivity index (χ2v) is 3.41. The van der Waals surface area contributed by atoms with Gasteiger partial charge in [0.2, 0.25) is 0 Å². The molecule has 0 spiro atoms. The molecule has 0 atom stereocenters. The Morgan fingerprint density at radius 1 is 1.35 bits per heavy atom. The zero-order valence-electron chi connectivity index (χ0n) is 9.44. The van der Waals surface area contributed by atoms with Gasteiger partial charge in [-0.05, 0) is 12.1 Å². The molecule has 1 heterocycles. The van der Waals surface area contributed by atoms with Crippen LogP contribution in [0.4, 0.5) is 0 Å². The van der Waals surface area contributed by atoms with Crippen LogP contribution in [0.1, 0.15) is 20.8 Å². The molecule has 0 aliphatic rings. The Balaban J connectivity index is 2.80. The number of aldehydes is 1. The number of hydrogen-bond donors (Lipinski definition) is 1. The molecule has 17 heavy (non-hydrogen) atoms. The summed E-state index contributed by atoms with van der Waals surface area (Å²) in [6.45, 7) is 0. The van der Waals surface area contributed by atoms with E-state index in [2.05, 4.69) is 9.72 Å². The summed E-state index contributed by atoms with van der Waals surface area (Å²) in [4.78, 5) is 25.5. The minimum absolute atomic E-state index is 0.141. The molecule has 88 valence electrons. The molecule has 0 aliphatic carbocycles. The lowest BCUT2D eigenvalue weighted by Gasteiger charge is -2.01. The molecule has 1 aromatic carbocycles. The van der Waals surface area contributed by atoms with Crippen molar-refractivity contribution in [2.75, 3.05) is 14.2 Å². The van der Waals surface area contributed by atoms with Gasteiger partial charge in [-0.15, -0.1) is 0 Å². The van der Waals surface area contributed by atoms with Gasteiger partial charge >= 0.3 is 5.97 Å². The van der Waals surface area contributed by atoms with Gasteiger partial charge < -0.3 is 14.5 Å². The van der Waals surface area contributed by atoms with E-state index in [9.17, 15) is 9.59 Å². The van der Waals surface area contributed by atoms with Crippen molar-refractivity contribution >= 4 is 23.2 Å². The Morgan fingerprint density at radius 2 is 2.12 bits per heavy atom. The molecule has 0 bridgehead atoms. The molecule has 2 aromatic rings. The third-order valence-corrected chi connectivity index (χ3v) is 2.55. The summed E-state index contributed by atoms with van der Waals surface area (Å²) in [5, 5.41) is 0.588. The van der Waals surface area contributed by atoms with Gasteiger partial charge in [0.05, 0.1) is 30.7 Å². The van der Waals surface area contributed by atoms with Crippen LogP contribution < -0.4 is 4.74 Å². The van der Waals surface area contributed by atoms with Gasteiger partial charge in [0.1, 0.15) is 11.4 Å². The van der Waals surface area contributed by atoms with Gasteiger partial charge in [0.25, 0.3) is 0 Å². The van der Waals surface area contributed by atoms with E-state index in [4.69, 9.17) is 4.74 Å². The Morgan fingerprint density at radius 3 is 2.71 bits per heavy atom. The molecule has 0 radical (unpaired) electrons. The lowest BCUT2D eigenvalue weighted by Crippen LogP contribution is -2.04. The van der Waals surface area contributed by atoms with Crippen molar-refractivity contribution in [1.82, 2.24) is 4.98 Å². The van der Waals surface area contributed by atoms with Crippen LogP contribution >= 0.6 is 0 Å². The maximum Gasteiger partial charge on any atom is 0.355 e. The number of nitrogens with one attached hydrogen (secondary N) is 1. The average molecular weight is 233 g/mol. The molecular weight excluding hydrogens is 222 g/mol. The third kappa shape index (κ3) is 1.65. The highest BCUT2D eigenvalue weighted by Gasteiger charge is 2.20. The zero-order chi connectivity index (χ0) is 12.4. The predicted molar refractivity (Wildman–Crippen MR) is 61.6 cm³/mol. The van der Waals surface area contributed by atoms with Crippen LogP contribution in [-0.4, -0.2) is 31.5 Å². The largest absolute Gasteiger partial charge is 0.496 e. The summed E-state index contributed by atoms with van der Waals surface area (Å²) in [6.07, 6.45) is 0.619. The van der Waals surface area contributed by atoms with Crippen molar-refractivity contribution in [1.29, 1.82) is 0 Å². The van der Waals surface area contributed by atoms with E-state index < -0.39 is 5.97 Å². The lowest BCUT2D eigenvalue weighted by molar-refractivity contribution is 0.0593. The first kappa shape index (κ1) is 11.2. The fourth-order valence-corrected chi connectivity index (χ4v) is 1.79. The van der Waals surface area contributed by atoms with Crippen molar-refractivity contribution in [3.63, 3.8) is 0 Å². The van der Waals surface area contributed by atoms with Crippen LogP contribution in [0, 0.1) is 0 Å². The number of ether oxygens (including phenoxy) is 2. The van der Waals surface area contributed by atoms with E-state index in [-0.39, 0.29) is 11.3 Å². The van der Waals surface area contributed by atoms with Crippen LogP contribution in [-0.2, 0) is 4.74 Å². The topological polar surface area (TPSA) is 68.4 Å². The van der Waals surface area contributed by atoms with Gasteiger partial charge in [-0.3, -0.25) is 4.79 Å². The Bertz CT molecular complexity index is 585. The highest BCUT2D eigenvalue weighted by atomic mass is 16.5. The smallest absolute Gasteiger partial charge is 0.355 e. The Labute approximate surface area is 97.3 Å². The lowest BCUT2D eigenvalue weighted by atomic mass is 10.1. The summed E-state index contributed by atoms with van der Waals surface area (Å²) in [5.74, 6) is -0.0404. The Kier molecular flexibility index (Phi) is 2.82. The van der Waals surface area contributed by atoms with Gasteiger partial charge in [0.15, 0.2) is 6.29 Å². The molecule has 0 unspecified atom stereocenters. The van der Waals surface area contributed by atoms with E-state index in [1.54, 1.807) is 18.2 Å². The highest BCUT2D eigenvalue weighted by molar-refractivity contribution is 6.10. The van der Waals surface area contributed by atoms with Gasteiger partial charge in [-0.1, -0.05) is 6.07 Å². The zero-order valence-corrected chi connectivity index (χ0v) is 9.44. The normalized spacial score (nSPS) is 10.2. The fraction of sp³-hybridized carbons (Fsp3) is 0.167. The number of carbonyl (C=O) groups is 2. The molecule has 5 heteroatoms. The summed E-state index contributed by atoms with van der Waals surface area (Å²) >= 11 is 0. The quantitative estimate of drug-likeness (QED) is 0.648. The van der Waals surface area contributed by atoms with E-state index >= 15 is 0 Å². The number of rotatable bonds is 3. The van der Waals surface area contributed by atoms with Crippen molar-refractivity contribution in [2.24, 2.45) is 0 Å². The van der Waals surface area contributed by atoms with Crippen molar-refractivity contribution in [3.8, 4) is 5.75 Å². The van der Waals surface area contributed by atoms with Gasteiger partial charge in [0, 0.05) is 0 Å². The van der Waals surface area contributed by atoms with E-state index in [1.165, 1.54) is 14.2 Å². The van der Waals surface area contributed by atoms with Crippen LogP contribution in [0.25, 0.3) is 10.9 Å². The first-order chi connectivity index (χ1) is 8.22. The maximum atomic E-state index is 11.5. The molecule has 0 saturated heterocycles. The van der Waals surface area contributed by atoms with Crippen LogP contribution in [0.5, 0.6) is 5.75 Å². The number of hydrogen-bond acceptors (Lipinski definition) is 4. The van der Waals surface area contributed by atoms with Crippen molar-refractivity contribution in [2.45, 2.75) is 0 Å². The SMILES string of the molecule is COC(=O)c1[nH]c2cccc(OC)c2c1C=O. The van der Waals surface area contributed by atoms with Crippen molar-refractivity contribution in [3.05, 3.63) is 29.5 Å². The van der Waals surface area contributed by atoms with Crippen LogP contribution in [0.15, 0.2) is 18.2 Å². The van der Waals surface area contributed by atoms with E-state index in [0.717, 1.165) is 0 Å². The fourth-order valence-electron chi connectivity index (χ4n) is 1.79. The summed E-state index contributed by atoms with van der Waals surface area (Å²) < 4.78 is 9.78. The Hall–Kier alpha value is -2.30. The molecule has 0 saturated carbocycles. The maximum absolute atomic E-state index is 11.5. The average Bonchev–Trinajstić information content (AvgIpc) is 2.75. The van der Waals surface area contributed by atoms with E-state index in [1.807, 2.05) is 0 Å². The molecule has 1 aromatic heterocycles. The monoisotopic (exact) mass is 233 g/mol. The first-order valence-corrected chi connectivity index (χ1v) is 4.95. The number of aromatic nitrogens is 1. The van der Waals surface area contributed by atoms with Crippen LogP contribution in [0.2, 0.25) is 0 Å². The highest BCUT2D eigenvalue weighted by Crippen LogP contribution is 2.30. The van der Waals surface area contributed by atoms with Crippen molar-refractivity contribution < 1.29 is 19.1 Å². The van der Waals surface area contributed by atoms with Crippen LogP contribution in [0.3, 0.4) is 0 Å². The first-order valence-electron chi connectivity index (χ1n) is 4.95. The van der Waals surface area contributed by atoms with Gasteiger partial charge in [-0.25, -0.2) is 4.79 Å². The molecule has 0 aliphatic heterocycles. The summed E-state index contributed by atoms with van der Waals surface area (Å²) in [7, 11) is 2.77. The second-order valence-electron chi connectivity index (χ2n) is 3.41. The number of esters is 1. The van der Waals surface area contributed by atoms with Gasteiger partial charge in [-0.2, -0.15) is 0 Å². The molecule has 2 rings (SSSR count).